The Morgan fingerprint density at radius 2 is 2.17 bits per heavy atom. The maximum atomic E-state index is 10.2. The van der Waals surface area contributed by atoms with Crippen molar-refractivity contribution in [3.05, 3.63) is 11.3 Å². The lowest BCUT2D eigenvalue weighted by Crippen LogP contribution is -1.96. The fourth-order valence-electron chi connectivity index (χ4n) is 1.00. The molecule has 0 amide bonds. The van der Waals surface area contributed by atoms with Crippen LogP contribution in [0.5, 0.6) is 0 Å². The highest BCUT2D eigenvalue weighted by molar-refractivity contribution is 6.44. The molecule has 0 atom stereocenters. The highest BCUT2D eigenvalue weighted by atomic mass is 28.2. The predicted molar refractivity (Wildman–Crippen MR) is 54.3 cm³/mol. The van der Waals surface area contributed by atoms with Crippen LogP contribution < -0.4 is 0 Å². The van der Waals surface area contributed by atoms with Crippen molar-refractivity contribution in [2.75, 3.05) is 0 Å². The molecular formula is C9H18O2Si. The molecule has 0 aliphatic heterocycles. The van der Waals surface area contributed by atoms with Crippen LogP contribution in [0.2, 0.25) is 6.04 Å². The molecule has 0 aromatic carbocycles. The number of hydrogen-bond donors (Lipinski definition) is 1. The molecule has 0 aromatic heterocycles. The second-order valence-electron chi connectivity index (χ2n) is 3.09. The zero-order valence-electron chi connectivity index (χ0n) is 7.97. The summed E-state index contributed by atoms with van der Waals surface area (Å²) in [5.41, 5.74) is 0. The second kappa shape index (κ2) is 7.10. The molecule has 0 bridgehead atoms. The van der Waals surface area contributed by atoms with Gasteiger partial charge in [0, 0.05) is 15.9 Å². The van der Waals surface area contributed by atoms with E-state index in [-0.39, 0.29) is 9.52 Å². The number of carbonyl (C=O) groups is 1. The molecule has 2 nitrogen and oxygen atoms in total. The van der Waals surface area contributed by atoms with Crippen LogP contribution in [0.1, 0.15) is 33.1 Å². The summed E-state index contributed by atoms with van der Waals surface area (Å²) in [4.78, 5) is 10.2. The Hall–Kier alpha value is -0.573. The van der Waals surface area contributed by atoms with Gasteiger partial charge in [-0.3, -0.25) is 4.79 Å². The molecular weight excluding hydrogens is 168 g/mol. The molecule has 0 saturated heterocycles. The van der Waals surface area contributed by atoms with Crippen molar-refractivity contribution < 1.29 is 9.90 Å². The lowest BCUT2D eigenvalue weighted by molar-refractivity contribution is -0.137. The minimum absolute atomic E-state index is 0.0410. The van der Waals surface area contributed by atoms with Crippen LogP contribution in [0.4, 0.5) is 0 Å². The van der Waals surface area contributed by atoms with E-state index in [1.54, 1.807) is 0 Å². The first-order valence-electron chi connectivity index (χ1n) is 4.50. The minimum Gasteiger partial charge on any atom is -0.481 e. The van der Waals surface area contributed by atoms with E-state index in [0.29, 0.717) is 6.42 Å². The molecule has 0 saturated carbocycles. The van der Waals surface area contributed by atoms with Gasteiger partial charge >= 0.3 is 5.97 Å². The molecule has 0 aliphatic carbocycles. The van der Waals surface area contributed by atoms with Crippen molar-refractivity contribution in [1.29, 1.82) is 0 Å². The number of rotatable bonds is 6. The first-order valence-corrected chi connectivity index (χ1v) is 6.21. The zero-order valence-corrected chi connectivity index (χ0v) is 9.38. The summed E-state index contributed by atoms with van der Waals surface area (Å²) in [5, 5.41) is 9.90. The summed E-state index contributed by atoms with van der Waals surface area (Å²) in [6.45, 7) is 4.24. The van der Waals surface area contributed by atoms with E-state index in [0.717, 1.165) is 12.8 Å². The maximum absolute atomic E-state index is 10.2. The van der Waals surface area contributed by atoms with E-state index in [4.69, 9.17) is 5.11 Å². The fourth-order valence-corrected chi connectivity index (χ4v) is 2.45. The summed E-state index contributed by atoms with van der Waals surface area (Å²) in [7, 11) is -0.0410. The van der Waals surface area contributed by atoms with Gasteiger partial charge in [-0.05, 0) is 20.3 Å². The number of aliphatic carboxylic acids is 1. The minimum atomic E-state index is -0.667. The van der Waals surface area contributed by atoms with E-state index in [1.165, 1.54) is 11.2 Å². The van der Waals surface area contributed by atoms with Crippen LogP contribution in [-0.2, 0) is 4.79 Å². The molecule has 0 radical (unpaired) electrons. The summed E-state index contributed by atoms with van der Waals surface area (Å²) >= 11 is 0. The Morgan fingerprint density at radius 3 is 2.67 bits per heavy atom. The molecule has 3 heteroatoms. The third kappa shape index (κ3) is 7.53. The lowest BCUT2D eigenvalue weighted by Gasteiger charge is -1.98. The topological polar surface area (TPSA) is 37.3 Å². The molecule has 0 fully saturated rings. The van der Waals surface area contributed by atoms with E-state index in [1.807, 2.05) is 0 Å². The van der Waals surface area contributed by atoms with Crippen LogP contribution in [0.15, 0.2) is 11.3 Å². The standard InChI is InChI=1S/C9H18O2Si/c1-3-8(2)12-7-5-4-6-9(10)11/h3H,4-7,12H2,1-2H3,(H,10,11). The van der Waals surface area contributed by atoms with Gasteiger partial charge in [-0.2, -0.15) is 0 Å². The molecule has 70 valence electrons. The van der Waals surface area contributed by atoms with Gasteiger partial charge in [0.2, 0.25) is 0 Å². The van der Waals surface area contributed by atoms with Crippen molar-refractivity contribution in [3.63, 3.8) is 0 Å². The number of carboxylic acid groups (broad SMARTS) is 1. The van der Waals surface area contributed by atoms with Crippen LogP contribution in [0.25, 0.3) is 0 Å². The molecule has 0 heterocycles. The van der Waals surface area contributed by atoms with Gasteiger partial charge in [0.05, 0.1) is 0 Å². The summed E-state index contributed by atoms with van der Waals surface area (Å²) in [6.07, 6.45) is 4.44. The average molecular weight is 186 g/mol. The zero-order chi connectivity index (χ0) is 9.40. The normalized spacial score (nSPS) is 12.7. The maximum Gasteiger partial charge on any atom is 0.303 e. The van der Waals surface area contributed by atoms with Crippen molar-refractivity contribution in [2.24, 2.45) is 0 Å². The van der Waals surface area contributed by atoms with E-state index < -0.39 is 5.97 Å². The van der Waals surface area contributed by atoms with Gasteiger partial charge in [-0.1, -0.05) is 23.7 Å². The SMILES string of the molecule is CC=C(C)[SiH2]CCCCC(=O)O. The molecule has 0 rings (SSSR count). The number of carboxylic acids is 1. The number of unbranched alkanes of at least 4 members (excludes halogenated alkanes) is 1. The smallest absolute Gasteiger partial charge is 0.303 e. The third-order valence-electron chi connectivity index (χ3n) is 1.95. The van der Waals surface area contributed by atoms with Gasteiger partial charge in [0.1, 0.15) is 0 Å². The van der Waals surface area contributed by atoms with Crippen molar-refractivity contribution in [1.82, 2.24) is 0 Å². The van der Waals surface area contributed by atoms with Gasteiger partial charge < -0.3 is 5.11 Å². The van der Waals surface area contributed by atoms with E-state index >= 15 is 0 Å². The van der Waals surface area contributed by atoms with E-state index in [9.17, 15) is 4.79 Å². The molecule has 0 spiro atoms. The second-order valence-corrected chi connectivity index (χ2v) is 5.41. The van der Waals surface area contributed by atoms with Crippen LogP contribution in [0, 0.1) is 0 Å². The van der Waals surface area contributed by atoms with Crippen molar-refractivity contribution >= 4 is 15.5 Å². The quantitative estimate of drug-likeness (QED) is 0.507. The molecule has 0 unspecified atom stereocenters. The Bertz CT molecular complexity index is 164. The van der Waals surface area contributed by atoms with Crippen LogP contribution >= 0.6 is 0 Å². The highest BCUT2D eigenvalue weighted by Gasteiger charge is 1.96. The predicted octanol–water partition coefficient (Wildman–Crippen LogP) is 1.75. The first-order chi connectivity index (χ1) is 5.66. The Kier molecular flexibility index (Phi) is 6.76. The molecule has 0 aliphatic rings. The first kappa shape index (κ1) is 11.4. The summed E-state index contributed by atoms with van der Waals surface area (Å²) < 4.78 is 0. The monoisotopic (exact) mass is 186 g/mol. The van der Waals surface area contributed by atoms with Crippen LogP contribution in [0.3, 0.4) is 0 Å². The summed E-state index contributed by atoms with van der Waals surface area (Å²) in [6, 6.07) is 1.25. The lowest BCUT2D eigenvalue weighted by atomic mass is 10.2. The average Bonchev–Trinajstić information content (AvgIpc) is 2.03. The number of hydrogen-bond acceptors (Lipinski definition) is 1. The summed E-state index contributed by atoms with van der Waals surface area (Å²) in [5.74, 6) is -0.667. The fraction of sp³-hybridized carbons (Fsp3) is 0.667. The Labute approximate surface area is 76.5 Å². The molecule has 0 aromatic rings. The van der Waals surface area contributed by atoms with Gasteiger partial charge in [0.15, 0.2) is 0 Å². The Morgan fingerprint density at radius 1 is 1.50 bits per heavy atom. The molecule has 12 heavy (non-hydrogen) atoms. The molecule has 1 N–H and O–H groups in total. The van der Waals surface area contributed by atoms with Crippen molar-refractivity contribution in [3.8, 4) is 0 Å². The van der Waals surface area contributed by atoms with Gasteiger partial charge in [-0.25, -0.2) is 0 Å². The van der Waals surface area contributed by atoms with Gasteiger partial charge in [0.25, 0.3) is 0 Å². The third-order valence-corrected chi connectivity index (χ3v) is 4.01. The van der Waals surface area contributed by atoms with Crippen LogP contribution in [-0.4, -0.2) is 20.6 Å². The van der Waals surface area contributed by atoms with Crippen molar-refractivity contribution in [2.45, 2.75) is 39.2 Å². The highest BCUT2D eigenvalue weighted by Crippen LogP contribution is 2.02. The largest absolute Gasteiger partial charge is 0.481 e. The Balaban J connectivity index is 3.16. The van der Waals surface area contributed by atoms with E-state index in [2.05, 4.69) is 19.9 Å². The van der Waals surface area contributed by atoms with Gasteiger partial charge in [-0.15, -0.1) is 0 Å². The number of allylic oxidation sites excluding steroid dienone is 2.